The van der Waals surface area contributed by atoms with Crippen molar-refractivity contribution in [3.05, 3.63) is 34.9 Å². The van der Waals surface area contributed by atoms with Gasteiger partial charge in [-0.3, -0.25) is 0 Å². The molecule has 1 aromatic rings. The summed E-state index contributed by atoms with van der Waals surface area (Å²) in [5, 5.41) is 3.63. The molecule has 0 aliphatic heterocycles. The van der Waals surface area contributed by atoms with Crippen LogP contribution in [0.3, 0.4) is 0 Å². The second kappa shape index (κ2) is 6.38. The lowest BCUT2D eigenvalue weighted by atomic mass is 9.85. The summed E-state index contributed by atoms with van der Waals surface area (Å²) in [6.45, 7) is 14.6. The number of aryl methyl sites for hydroxylation is 2. The minimum atomic E-state index is 0.381. The van der Waals surface area contributed by atoms with Gasteiger partial charge in [-0.15, -0.1) is 0 Å². The molecule has 1 nitrogen and oxygen atoms in total. The van der Waals surface area contributed by atoms with Crippen LogP contribution in [-0.2, 0) is 6.42 Å². The summed E-state index contributed by atoms with van der Waals surface area (Å²) in [6.07, 6.45) is 2.35. The molecule has 0 saturated heterocycles. The van der Waals surface area contributed by atoms with Gasteiger partial charge in [0.1, 0.15) is 0 Å². The van der Waals surface area contributed by atoms with E-state index in [1.54, 1.807) is 0 Å². The first-order valence-electron chi connectivity index (χ1n) is 7.10. The van der Waals surface area contributed by atoms with Gasteiger partial charge in [-0.2, -0.15) is 0 Å². The zero-order valence-corrected chi connectivity index (χ0v) is 12.9. The van der Waals surface area contributed by atoms with E-state index in [1.807, 2.05) is 0 Å². The van der Waals surface area contributed by atoms with Crippen molar-refractivity contribution in [3.63, 3.8) is 0 Å². The molecule has 0 spiro atoms. The molecule has 0 heterocycles. The van der Waals surface area contributed by atoms with Gasteiger partial charge >= 0.3 is 0 Å². The van der Waals surface area contributed by atoms with Crippen molar-refractivity contribution in [1.29, 1.82) is 0 Å². The quantitative estimate of drug-likeness (QED) is 0.819. The van der Waals surface area contributed by atoms with E-state index in [2.05, 4.69) is 65.1 Å². The molecule has 0 saturated carbocycles. The maximum atomic E-state index is 3.63. The van der Waals surface area contributed by atoms with E-state index in [9.17, 15) is 0 Å². The van der Waals surface area contributed by atoms with Crippen molar-refractivity contribution in [2.45, 2.75) is 60.4 Å². The topological polar surface area (TPSA) is 12.0 Å². The van der Waals surface area contributed by atoms with E-state index in [1.165, 1.54) is 23.1 Å². The summed E-state index contributed by atoms with van der Waals surface area (Å²) >= 11 is 0. The maximum absolute atomic E-state index is 3.63. The average Bonchev–Trinajstić information content (AvgIpc) is 2.12. The Labute approximate surface area is 113 Å². The molecular formula is C17H29N. The Morgan fingerprint density at radius 3 is 2.06 bits per heavy atom. The van der Waals surface area contributed by atoms with E-state index >= 15 is 0 Å². The molecule has 0 fully saturated rings. The maximum Gasteiger partial charge on any atom is 0.0112 e. The molecular weight excluding hydrogens is 218 g/mol. The molecule has 0 bridgehead atoms. The summed E-state index contributed by atoms with van der Waals surface area (Å²) in [6, 6.07) is 7.46. The highest BCUT2D eigenvalue weighted by Crippen LogP contribution is 2.23. The molecule has 102 valence electrons. The Hall–Kier alpha value is -0.820. The van der Waals surface area contributed by atoms with E-state index in [-0.39, 0.29) is 0 Å². The van der Waals surface area contributed by atoms with Crippen LogP contribution < -0.4 is 5.32 Å². The molecule has 0 radical (unpaired) electrons. The average molecular weight is 247 g/mol. The van der Waals surface area contributed by atoms with E-state index in [0.29, 0.717) is 11.5 Å². The normalized spacial score (nSPS) is 13.7. The molecule has 1 atom stereocenters. The fourth-order valence-electron chi connectivity index (χ4n) is 2.72. The van der Waals surface area contributed by atoms with Gasteiger partial charge in [0, 0.05) is 6.04 Å². The lowest BCUT2D eigenvalue weighted by Crippen LogP contribution is -2.34. The molecule has 1 unspecified atom stereocenters. The summed E-state index contributed by atoms with van der Waals surface area (Å²) in [5.74, 6) is 0. The first-order chi connectivity index (χ1) is 8.30. The molecule has 1 N–H and O–H groups in total. The number of hydrogen-bond acceptors (Lipinski definition) is 1. The third-order valence-corrected chi connectivity index (χ3v) is 3.12. The van der Waals surface area contributed by atoms with Crippen molar-refractivity contribution < 1.29 is 0 Å². The van der Waals surface area contributed by atoms with Crippen LogP contribution in [0.4, 0.5) is 0 Å². The van der Waals surface area contributed by atoms with E-state index < -0.39 is 0 Å². The van der Waals surface area contributed by atoms with E-state index in [0.717, 1.165) is 13.0 Å². The van der Waals surface area contributed by atoms with Crippen molar-refractivity contribution in [2.24, 2.45) is 5.41 Å². The van der Waals surface area contributed by atoms with Crippen LogP contribution in [0.5, 0.6) is 0 Å². The van der Waals surface area contributed by atoms with Crippen molar-refractivity contribution in [1.82, 2.24) is 5.32 Å². The van der Waals surface area contributed by atoms with Crippen molar-refractivity contribution in [3.8, 4) is 0 Å². The zero-order chi connectivity index (χ0) is 13.8. The summed E-state index contributed by atoms with van der Waals surface area (Å²) in [7, 11) is 0. The van der Waals surface area contributed by atoms with Crippen LogP contribution in [0.1, 0.15) is 50.8 Å². The summed E-state index contributed by atoms with van der Waals surface area (Å²) in [5.41, 5.74) is 4.58. The van der Waals surface area contributed by atoms with Gasteiger partial charge in [-0.25, -0.2) is 0 Å². The van der Waals surface area contributed by atoms with Crippen molar-refractivity contribution in [2.75, 3.05) is 6.54 Å². The highest BCUT2D eigenvalue weighted by atomic mass is 14.9. The van der Waals surface area contributed by atoms with Gasteiger partial charge < -0.3 is 5.32 Å². The van der Waals surface area contributed by atoms with Gasteiger partial charge in [-0.05, 0) is 44.2 Å². The number of hydrogen-bond donors (Lipinski definition) is 1. The monoisotopic (exact) mass is 247 g/mol. The zero-order valence-electron chi connectivity index (χ0n) is 12.9. The Bertz CT molecular complexity index is 353. The highest BCUT2D eigenvalue weighted by molar-refractivity contribution is 5.29. The van der Waals surface area contributed by atoms with Gasteiger partial charge in [0.05, 0.1) is 0 Å². The fourth-order valence-corrected chi connectivity index (χ4v) is 2.72. The Kier molecular flexibility index (Phi) is 5.40. The number of likely N-dealkylation sites (N-methyl/N-ethyl adjacent to an activating group) is 1. The van der Waals surface area contributed by atoms with Gasteiger partial charge in [0.15, 0.2) is 0 Å². The minimum Gasteiger partial charge on any atom is -0.314 e. The lowest BCUT2D eigenvalue weighted by molar-refractivity contribution is 0.309. The summed E-state index contributed by atoms with van der Waals surface area (Å²) in [4.78, 5) is 0. The summed E-state index contributed by atoms with van der Waals surface area (Å²) < 4.78 is 0. The molecule has 1 heteroatoms. The van der Waals surface area contributed by atoms with E-state index in [4.69, 9.17) is 0 Å². The third-order valence-electron chi connectivity index (χ3n) is 3.12. The number of rotatable bonds is 5. The largest absolute Gasteiger partial charge is 0.314 e. The minimum absolute atomic E-state index is 0.381. The van der Waals surface area contributed by atoms with Crippen LogP contribution in [0.15, 0.2) is 18.2 Å². The Balaban J connectivity index is 2.76. The smallest absolute Gasteiger partial charge is 0.0112 e. The second-order valence-electron chi connectivity index (χ2n) is 6.72. The predicted molar refractivity (Wildman–Crippen MR) is 81.2 cm³/mol. The van der Waals surface area contributed by atoms with Crippen LogP contribution in [0, 0.1) is 19.3 Å². The molecule has 0 aliphatic carbocycles. The van der Waals surface area contributed by atoms with Crippen LogP contribution >= 0.6 is 0 Å². The van der Waals surface area contributed by atoms with Gasteiger partial charge in [-0.1, -0.05) is 57.0 Å². The number of benzene rings is 1. The predicted octanol–water partition coefficient (Wildman–Crippen LogP) is 4.26. The molecule has 18 heavy (non-hydrogen) atoms. The van der Waals surface area contributed by atoms with Crippen molar-refractivity contribution >= 4 is 0 Å². The highest BCUT2D eigenvalue weighted by Gasteiger charge is 2.18. The lowest BCUT2D eigenvalue weighted by Gasteiger charge is -2.27. The Morgan fingerprint density at radius 2 is 1.61 bits per heavy atom. The standard InChI is InChI=1S/C17H29N/c1-7-18-16(12-17(4,5)6)11-15-9-13(2)8-14(3)10-15/h8-10,16,18H,7,11-12H2,1-6H3. The van der Waals surface area contributed by atoms with Gasteiger partial charge in [0.2, 0.25) is 0 Å². The first-order valence-corrected chi connectivity index (χ1v) is 7.10. The molecule has 1 aromatic carbocycles. The van der Waals surface area contributed by atoms with Gasteiger partial charge in [0.25, 0.3) is 0 Å². The molecule has 0 amide bonds. The molecule has 0 aromatic heterocycles. The van der Waals surface area contributed by atoms with Crippen LogP contribution in [0.2, 0.25) is 0 Å². The molecule has 0 aliphatic rings. The van der Waals surface area contributed by atoms with Crippen LogP contribution in [-0.4, -0.2) is 12.6 Å². The Morgan fingerprint density at radius 1 is 1.06 bits per heavy atom. The van der Waals surface area contributed by atoms with Crippen LogP contribution in [0.25, 0.3) is 0 Å². The SMILES string of the molecule is CCNC(Cc1cc(C)cc(C)c1)CC(C)(C)C. The first kappa shape index (κ1) is 15.2. The molecule has 1 rings (SSSR count). The third kappa shape index (κ3) is 5.68. The fraction of sp³-hybridized carbons (Fsp3) is 0.647. The number of nitrogens with one attached hydrogen (secondary N) is 1. The second-order valence-corrected chi connectivity index (χ2v) is 6.72.